The van der Waals surface area contributed by atoms with Crippen LogP contribution in [-0.2, 0) is 13.1 Å². The molecule has 0 saturated carbocycles. The molecule has 1 amide bonds. The zero-order valence-electron chi connectivity index (χ0n) is 11.9. The van der Waals surface area contributed by atoms with Gasteiger partial charge in [0.25, 0.3) is 5.91 Å². The van der Waals surface area contributed by atoms with E-state index in [4.69, 9.17) is 0 Å². The van der Waals surface area contributed by atoms with Crippen LogP contribution in [0.15, 0.2) is 61.3 Å². The number of carbonyl (C=O) groups is 1. The van der Waals surface area contributed by atoms with E-state index in [0.29, 0.717) is 18.8 Å². The molecule has 110 valence electrons. The molecular weight excluding hydrogens is 278 g/mol. The Hall–Kier alpha value is -3.02. The van der Waals surface area contributed by atoms with Crippen LogP contribution in [0.25, 0.3) is 0 Å². The summed E-state index contributed by atoms with van der Waals surface area (Å²) in [5, 5.41) is 6.99. The van der Waals surface area contributed by atoms with Crippen molar-refractivity contribution >= 4 is 5.91 Å². The van der Waals surface area contributed by atoms with E-state index in [1.54, 1.807) is 35.4 Å². The molecule has 1 N–H and O–H groups in total. The maximum absolute atomic E-state index is 12.0. The van der Waals surface area contributed by atoms with Crippen LogP contribution in [-0.4, -0.2) is 25.7 Å². The summed E-state index contributed by atoms with van der Waals surface area (Å²) in [5.41, 5.74) is 2.55. The highest BCUT2D eigenvalue weighted by atomic mass is 16.1. The first-order chi connectivity index (χ1) is 10.8. The van der Waals surface area contributed by atoms with Crippen molar-refractivity contribution in [2.45, 2.75) is 13.1 Å². The van der Waals surface area contributed by atoms with Crippen LogP contribution in [0.4, 0.5) is 0 Å². The summed E-state index contributed by atoms with van der Waals surface area (Å²) in [5.74, 6) is -0.184. The number of hydrogen-bond donors (Lipinski definition) is 1. The van der Waals surface area contributed by atoms with Gasteiger partial charge in [0.05, 0.1) is 6.54 Å². The Balaban J connectivity index is 1.69. The lowest BCUT2D eigenvalue weighted by Gasteiger charge is -2.10. The predicted octanol–water partition coefficient (Wildman–Crippen LogP) is 1.65. The third-order valence-electron chi connectivity index (χ3n) is 3.25. The quantitative estimate of drug-likeness (QED) is 0.776. The Morgan fingerprint density at radius 1 is 1.09 bits per heavy atom. The molecule has 3 rings (SSSR count). The first-order valence-corrected chi connectivity index (χ1v) is 6.91. The Labute approximate surface area is 127 Å². The first kappa shape index (κ1) is 13.9. The van der Waals surface area contributed by atoms with Crippen LogP contribution in [0.5, 0.6) is 0 Å². The topological polar surface area (TPSA) is 72.7 Å². The van der Waals surface area contributed by atoms with Gasteiger partial charge in [-0.05, 0) is 23.3 Å². The highest BCUT2D eigenvalue weighted by molar-refractivity contribution is 5.92. The summed E-state index contributed by atoms with van der Waals surface area (Å²) in [4.78, 5) is 20.0. The highest BCUT2D eigenvalue weighted by Crippen LogP contribution is 2.10. The molecule has 6 nitrogen and oxygen atoms in total. The van der Waals surface area contributed by atoms with Gasteiger partial charge in [0.2, 0.25) is 0 Å². The lowest BCUT2D eigenvalue weighted by atomic mass is 10.1. The fourth-order valence-electron chi connectivity index (χ4n) is 2.14. The van der Waals surface area contributed by atoms with Crippen LogP contribution >= 0.6 is 0 Å². The van der Waals surface area contributed by atoms with Crippen molar-refractivity contribution in [3.63, 3.8) is 0 Å². The summed E-state index contributed by atoms with van der Waals surface area (Å²) in [6, 6.07) is 13.2. The molecule has 2 aromatic heterocycles. The van der Waals surface area contributed by atoms with Crippen molar-refractivity contribution in [3.05, 3.63) is 78.1 Å². The number of carbonyl (C=O) groups excluding carboxylic acids is 1. The molecule has 6 heteroatoms. The maximum Gasteiger partial charge on any atom is 0.270 e. The standard InChI is InChI=1S/C16H15N5O/c22-16(15-7-3-4-8-18-15)19-9-13-5-1-2-6-14(13)10-21-12-17-11-20-21/h1-8,11-12H,9-10H2,(H,19,22). The molecule has 2 heterocycles. The van der Waals surface area contributed by atoms with E-state index in [9.17, 15) is 4.79 Å². The minimum Gasteiger partial charge on any atom is -0.347 e. The number of benzene rings is 1. The lowest BCUT2D eigenvalue weighted by Crippen LogP contribution is -2.24. The second-order valence-electron chi connectivity index (χ2n) is 4.76. The average Bonchev–Trinajstić information content (AvgIpc) is 3.07. The van der Waals surface area contributed by atoms with Gasteiger partial charge in [-0.15, -0.1) is 0 Å². The van der Waals surface area contributed by atoms with Gasteiger partial charge in [0, 0.05) is 12.7 Å². The van der Waals surface area contributed by atoms with Gasteiger partial charge < -0.3 is 5.32 Å². The number of hydrogen-bond acceptors (Lipinski definition) is 4. The van der Waals surface area contributed by atoms with E-state index in [1.165, 1.54) is 6.33 Å². The van der Waals surface area contributed by atoms with E-state index in [0.717, 1.165) is 11.1 Å². The van der Waals surface area contributed by atoms with Crippen molar-refractivity contribution in [2.75, 3.05) is 0 Å². The molecule has 22 heavy (non-hydrogen) atoms. The second-order valence-corrected chi connectivity index (χ2v) is 4.76. The van der Waals surface area contributed by atoms with Gasteiger partial charge in [-0.2, -0.15) is 5.10 Å². The fraction of sp³-hybridized carbons (Fsp3) is 0.125. The number of aromatic nitrogens is 4. The van der Waals surface area contributed by atoms with Gasteiger partial charge in [-0.1, -0.05) is 30.3 Å². The highest BCUT2D eigenvalue weighted by Gasteiger charge is 2.08. The number of amides is 1. The van der Waals surface area contributed by atoms with Crippen molar-refractivity contribution in [1.82, 2.24) is 25.1 Å². The van der Waals surface area contributed by atoms with Crippen LogP contribution in [0, 0.1) is 0 Å². The summed E-state index contributed by atoms with van der Waals surface area (Å²) in [7, 11) is 0. The Bertz CT molecular complexity index is 740. The molecule has 0 saturated heterocycles. The zero-order valence-corrected chi connectivity index (χ0v) is 11.9. The number of nitrogens with one attached hydrogen (secondary N) is 1. The largest absolute Gasteiger partial charge is 0.347 e. The summed E-state index contributed by atoms with van der Waals surface area (Å²) < 4.78 is 1.75. The maximum atomic E-state index is 12.0. The Kier molecular flexibility index (Phi) is 4.20. The molecule has 1 aromatic carbocycles. The van der Waals surface area contributed by atoms with E-state index in [1.807, 2.05) is 24.3 Å². The molecule has 0 aliphatic rings. The average molecular weight is 293 g/mol. The smallest absolute Gasteiger partial charge is 0.270 e. The van der Waals surface area contributed by atoms with Gasteiger partial charge in [-0.25, -0.2) is 9.67 Å². The van der Waals surface area contributed by atoms with Gasteiger partial charge in [0.15, 0.2) is 0 Å². The van der Waals surface area contributed by atoms with Crippen molar-refractivity contribution < 1.29 is 4.79 Å². The first-order valence-electron chi connectivity index (χ1n) is 6.91. The van der Waals surface area contributed by atoms with Crippen LogP contribution < -0.4 is 5.32 Å². The molecule has 0 aliphatic heterocycles. The third kappa shape index (κ3) is 3.35. The number of nitrogens with zero attached hydrogens (tertiary/aromatic N) is 4. The molecule has 0 atom stereocenters. The fourth-order valence-corrected chi connectivity index (χ4v) is 2.14. The van der Waals surface area contributed by atoms with E-state index < -0.39 is 0 Å². The molecule has 0 unspecified atom stereocenters. The second kappa shape index (κ2) is 6.62. The molecule has 3 aromatic rings. The van der Waals surface area contributed by atoms with Crippen LogP contribution in [0.1, 0.15) is 21.6 Å². The van der Waals surface area contributed by atoms with Crippen molar-refractivity contribution in [3.8, 4) is 0 Å². The van der Waals surface area contributed by atoms with Crippen LogP contribution in [0.2, 0.25) is 0 Å². The van der Waals surface area contributed by atoms with Gasteiger partial charge in [-0.3, -0.25) is 9.78 Å². The SMILES string of the molecule is O=C(NCc1ccccc1Cn1cncn1)c1ccccn1. The third-order valence-corrected chi connectivity index (χ3v) is 3.25. The lowest BCUT2D eigenvalue weighted by molar-refractivity contribution is 0.0946. The molecule has 0 fully saturated rings. The monoisotopic (exact) mass is 293 g/mol. The Morgan fingerprint density at radius 3 is 2.64 bits per heavy atom. The van der Waals surface area contributed by atoms with E-state index in [-0.39, 0.29) is 5.91 Å². The van der Waals surface area contributed by atoms with Gasteiger partial charge in [0.1, 0.15) is 18.3 Å². The van der Waals surface area contributed by atoms with Gasteiger partial charge >= 0.3 is 0 Å². The summed E-state index contributed by atoms with van der Waals surface area (Å²) in [6.45, 7) is 1.07. The molecular formula is C16H15N5O. The minimum atomic E-state index is -0.184. The molecule has 0 spiro atoms. The minimum absolute atomic E-state index is 0.184. The summed E-state index contributed by atoms with van der Waals surface area (Å²) >= 11 is 0. The van der Waals surface area contributed by atoms with Crippen molar-refractivity contribution in [2.24, 2.45) is 0 Å². The van der Waals surface area contributed by atoms with E-state index in [2.05, 4.69) is 20.4 Å². The molecule has 0 bridgehead atoms. The van der Waals surface area contributed by atoms with E-state index >= 15 is 0 Å². The molecule has 0 aliphatic carbocycles. The Morgan fingerprint density at radius 2 is 1.91 bits per heavy atom. The molecule has 0 radical (unpaired) electrons. The zero-order chi connectivity index (χ0) is 15.2. The summed E-state index contributed by atoms with van der Waals surface area (Å²) in [6.07, 6.45) is 4.78. The number of rotatable bonds is 5. The predicted molar refractivity (Wildman–Crippen MR) is 81.0 cm³/mol. The van der Waals surface area contributed by atoms with Crippen molar-refractivity contribution in [1.29, 1.82) is 0 Å². The number of pyridine rings is 1. The van der Waals surface area contributed by atoms with Crippen LogP contribution in [0.3, 0.4) is 0 Å². The normalized spacial score (nSPS) is 10.4.